The van der Waals surface area contributed by atoms with Gasteiger partial charge in [-0.2, -0.15) is 5.26 Å². The number of carbonyl (C=O) groups is 1. The van der Waals surface area contributed by atoms with Crippen molar-refractivity contribution in [2.24, 2.45) is 5.41 Å². The minimum Gasteiger partial charge on any atom is -0.394 e. The minimum atomic E-state index is -0.948. The molecule has 21 heavy (non-hydrogen) atoms. The predicted molar refractivity (Wildman–Crippen MR) is 75.6 cm³/mol. The molecule has 1 aromatic rings. The highest BCUT2D eigenvalue weighted by atomic mass is 19.1. The summed E-state index contributed by atoms with van der Waals surface area (Å²) in [6.07, 6.45) is 3.31. The number of nitrogens with zero attached hydrogens (tertiary/aromatic N) is 1. The third-order valence-corrected chi connectivity index (χ3v) is 4.06. The van der Waals surface area contributed by atoms with E-state index in [1.54, 1.807) is 12.1 Å². The molecule has 0 spiro atoms. The Morgan fingerprint density at radius 2 is 2.00 bits per heavy atom. The highest BCUT2D eigenvalue weighted by Crippen LogP contribution is 2.37. The molecule has 1 amide bonds. The van der Waals surface area contributed by atoms with Crippen LogP contribution in [0, 0.1) is 22.6 Å². The van der Waals surface area contributed by atoms with Gasteiger partial charge >= 0.3 is 0 Å². The van der Waals surface area contributed by atoms with Gasteiger partial charge in [-0.25, -0.2) is 4.39 Å². The van der Waals surface area contributed by atoms with Crippen molar-refractivity contribution < 1.29 is 14.3 Å². The van der Waals surface area contributed by atoms with Crippen LogP contribution < -0.4 is 5.32 Å². The lowest BCUT2D eigenvalue weighted by molar-refractivity contribution is -0.129. The van der Waals surface area contributed by atoms with Gasteiger partial charge in [0.25, 0.3) is 0 Å². The molecule has 0 aromatic heterocycles. The first-order valence-corrected chi connectivity index (χ1v) is 7.17. The molecular formula is C16H19FN2O2. The number of hydrogen-bond donors (Lipinski definition) is 2. The van der Waals surface area contributed by atoms with Crippen molar-refractivity contribution in [3.63, 3.8) is 0 Å². The van der Waals surface area contributed by atoms with Gasteiger partial charge in [0, 0.05) is 0 Å². The quantitative estimate of drug-likeness (QED) is 0.870. The Hall–Kier alpha value is -1.93. The Morgan fingerprint density at radius 3 is 2.52 bits per heavy atom. The molecule has 1 atom stereocenters. The lowest BCUT2D eigenvalue weighted by atomic mass is 9.86. The average molecular weight is 290 g/mol. The molecule has 2 rings (SSSR count). The standard InChI is InChI=1S/C16H19FN2O2/c17-13-5-3-12(4-6-13)9-14(10-20)19-15(21)16(11-18)7-1-2-8-16/h3-6,14,20H,1-2,7-10H2,(H,19,21). The Kier molecular flexibility index (Phi) is 4.92. The molecule has 0 saturated heterocycles. The van der Waals surface area contributed by atoms with Crippen LogP contribution in [0.2, 0.25) is 0 Å². The molecule has 112 valence electrons. The first kappa shape index (κ1) is 15.5. The molecule has 0 aliphatic heterocycles. The van der Waals surface area contributed by atoms with Crippen LogP contribution in [-0.2, 0) is 11.2 Å². The molecule has 2 N–H and O–H groups in total. The first-order valence-electron chi connectivity index (χ1n) is 7.17. The SMILES string of the molecule is N#CC1(C(=O)NC(CO)Cc2ccc(F)cc2)CCCC1. The summed E-state index contributed by atoms with van der Waals surface area (Å²) in [5.74, 6) is -0.624. The molecule has 4 nitrogen and oxygen atoms in total. The van der Waals surface area contributed by atoms with Crippen molar-refractivity contribution in [3.8, 4) is 6.07 Å². The Morgan fingerprint density at radius 1 is 1.38 bits per heavy atom. The van der Waals surface area contributed by atoms with Crippen LogP contribution in [-0.4, -0.2) is 23.7 Å². The number of aliphatic hydroxyl groups excluding tert-OH is 1. The second kappa shape index (κ2) is 6.68. The summed E-state index contributed by atoms with van der Waals surface area (Å²) < 4.78 is 12.9. The second-order valence-electron chi connectivity index (χ2n) is 5.58. The van der Waals surface area contributed by atoms with E-state index in [1.165, 1.54) is 12.1 Å². The average Bonchev–Trinajstić information content (AvgIpc) is 2.99. The van der Waals surface area contributed by atoms with Crippen molar-refractivity contribution in [2.45, 2.75) is 38.1 Å². The highest BCUT2D eigenvalue weighted by Gasteiger charge is 2.42. The molecule has 1 aliphatic rings. The third kappa shape index (κ3) is 3.59. The summed E-state index contributed by atoms with van der Waals surface area (Å²) >= 11 is 0. The Bertz CT molecular complexity index is 530. The van der Waals surface area contributed by atoms with Crippen LogP contribution in [0.3, 0.4) is 0 Å². The third-order valence-electron chi connectivity index (χ3n) is 4.06. The molecule has 0 heterocycles. The normalized spacial score (nSPS) is 18.0. The van der Waals surface area contributed by atoms with Crippen molar-refractivity contribution in [1.29, 1.82) is 5.26 Å². The number of halogens is 1. The van der Waals surface area contributed by atoms with Crippen molar-refractivity contribution >= 4 is 5.91 Å². The van der Waals surface area contributed by atoms with Crippen molar-refractivity contribution in [3.05, 3.63) is 35.6 Å². The zero-order valence-electron chi connectivity index (χ0n) is 11.8. The minimum absolute atomic E-state index is 0.218. The van der Waals surface area contributed by atoms with Gasteiger partial charge in [-0.3, -0.25) is 4.79 Å². The van der Waals surface area contributed by atoms with Crippen LogP contribution in [0.4, 0.5) is 4.39 Å². The zero-order valence-corrected chi connectivity index (χ0v) is 11.8. The van der Waals surface area contributed by atoms with Crippen LogP contribution in [0.1, 0.15) is 31.2 Å². The molecular weight excluding hydrogens is 271 g/mol. The highest BCUT2D eigenvalue weighted by molar-refractivity contribution is 5.86. The van der Waals surface area contributed by atoms with E-state index in [4.69, 9.17) is 0 Å². The number of nitriles is 1. The largest absolute Gasteiger partial charge is 0.394 e. The van der Waals surface area contributed by atoms with Gasteiger partial charge in [0.2, 0.25) is 5.91 Å². The summed E-state index contributed by atoms with van der Waals surface area (Å²) in [5.41, 5.74) is -0.121. The summed E-state index contributed by atoms with van der Waals surface area (Å²) in [4.78, 5) is 12.3. The van der Waals surface area contributed by atoms with Gasteiger partial charge in [-0.05, 0) is 37.0 Å². The fourth-order valence-electron chi connectivity index (χ4n) is 2.76. The van der Waals surface area contributed by atoms with Gasteiger partial charge in [-0.1, -0.05) is 25.0 Å². The number of benzene rings is 1. The van der Waals surface area contributed by atoms with E-state index in [2.05, 4.69) is 11.4 Å². The number of aliphatic hydroxyl groups is 1. The van der Waals surface area contributed by atoms with E-state index < -0.39 is 11.5 Å². The van der Waals surface area contributed by atoms with E-state index in [9.17, 15) is 19.6 Å². The molecule has 1 aliphatic carbocycles. The van der Waals surface area contributed by atoms with Crippen LogP contribution in [0.5, 0.6) is 0 Å². The molecule has 1 aromatic carbocycles. The smallest absolute Gasteiger partial charge is 0.240 e. The lowest BCUT2D eigenvalue weighted by Crippen LogP contribution is -2.46. The van der Waals surface area contributed by atoms with E-state index >= 15 is 0 Å². The molecule has 1 fully saturated rings. The Labute approximate surface area is 123 Å². The number of hydrogen-bond acceptors (Lipinski definition) is 3. The molecule has 1 saturated carbocycles. The van der Waals surface area contributed by atoms with Gasteiger partial charge in [-0.15, -0.1) is 0 Å². The summed E-state index contributed by atoms with van der Waals surface area (Å²) in [7, 11) is 0. The van der Waals surface area contributed by atoms with Gasteiger partial charge in [0.05, 0.1) is 18.7 Å². The molecule has 1 unspecified atom stereocenters. The number of rotatable bonds is 5. The zero-order chi connectivity index (χ0) is 15.3. The van der Waals surface area contributed by atoms with Crippen LogP contribution in [0.25, 0.3) is 0 Å². The number of carbonyl (C=O) groups excluding carboxylic acids is 1. The molecule has 5 heteroatoms. The van der Waals surface area contributed by atoms with Crippen LogP contribution >= 0.6 is 0 Å². The number of nitrogens with one attached hydrogen (secondary N) is 1. The van der Waals surface area contributed by atoms with Gasteiger partial charge in [0.15, 0.2) is 0 Å². The maximum atomic E-state index is 12.9. The number of amides is 1. The van der Waals surface area contributed by atoms with E-state index in [-0.39, 0.29) is 18.3 Å². The van der Waals surface area contributed by atoms with Gasteiger partial charge in [0.1, 0.15) is 11.2 Å². The fourth-order valence-corrected chi connectivity index (χ4v) is 2.76. The monoisotopic (exact) mass is 290 g/mol. The second-order valence-corrected chi connectivity index (χ2v) is 5.58. The predicted octanol–water partition coefficient (Wildman–Crippen LogP) is 1.93. The maximum Gasteiger partial charge on any atom is 0.240 e. The molecule has 0 radical (unpaired) electrons. The first-order chi connectivity index (χ1) is 10.1. The summed E-state index contributed by atoms with van der Waals surface area (Å²) in [6, 6.07) is 7.61. The van der Waals surface area contributed by atoms with Crippen LogP contribution in [0.15, 0.2) is 24.3 Å². The van der Waals surface area contributed by atoms with E-state index in [0.717, 1.165) is 18.4 Å². The molecule has 0 bridgehead atoms. The van der Waals surface area contributed by atoms with E-state index in [1.807, 2.05) is 0 Å². The Balaban J connectivity index is 2.00. The summed E-state index contributed by atoms with van der Waals surface area (Å²) in [6.45, 7) is -0.218. The summed E-state index contributed by atoms with van der Waals surface area (Å²) in [5, 5.41) is 21.5. The van der Waals surface area contributed by atoms with Crippen molar-refractivity contribution in [1.82, 2.24) is 5.32 Å². The lowest BCUT2D eigenvalue weighted by Gasteiger charge is -2.24. The van der Waals surface area contributed by atoms with Crippen molar-refractivity contribution in [2.75, 3.05) is 6.61 Å². The van der Waals surface area contributed by atoms with Gasteiger partial charge < -0.3 is 10.4 Å². The topological polar surface area (TPSA) is 73.1 Å². The maximum absolute atomic E-state index is 12.9. The van der Waals surface area contributed by atoms with E-state index in [0.29, 0.717) is 19.3 Å². The fraction of sp³-hybridized carbons (Fsp3) is 0.500.